The Morgan fingerprint density at radius 1 is 1.26 bits per heavy atom. The quantitative estimate of drug-likeness (QED) is 0.487. The summed E-state index contributed by atoms with van der Waals surface area (Å²) in [4.78, 5) is 35.7. The van der Waals surface area contributed by atoms with Gasteiger partial charge in [0.25, 0.3) is 11.6 Å². The molecular formula is C18H15FN2O5S. The summed E-state index contributed by atoms with van der Waals surface area (Å²) in [6.45, 7) is 0. The second-order valence-corrected chi connectivity index (χ2v) is 7.00. The molecule has 2 aromatic carbocycles. The molecule has 2 aromatic rings. The normalized spacial score (nSPS) is 15.6. The summed E-state index contributed by atoms with van der Waals surface area (Å²) in [5, 5.41) is 13.9. The van der Waals surface area contributed by atoms with Crippen molar-refractivity contribution >= 4 is 29.3 Å². The summed E-state index contributed by atoms with van der Waals surface area (Å²) in [5.74, 6) is -1.03. The van der Waals surface area contributed by atoms with Crippen LogP contribution in [-0.4, -0.2) is 29.7 Å². The molecule has 0 bridgehead atoms. The Morgan fingerprint density at radius 3 is 2.70 bits per heavy atom. The van der Waals surface area contributed by atoms with Gasteiger partial charge in [-0.25, -0.2) is 9.18 Å². The smallest absolute Gasteiger partial charge is 0.338 e. The minimum absolute atomic E-state index is 0.0409. The molecule has 27 heavy (non-hydrogen) atoms. The molecule has 1 aliphatic heterocycles. The van der Waals surface area contributed by atoms with Crippen LogP contribution < -0.4 is 5.32 Å². The maximum Gasteiger partial charge on any atom is 0.338 e. The number of thioether (sulfide) groups is 1. The zero-order valence-corrected chi connectivity index (χ0v) is 15.0. The Kier molecular flexibility index (Phi) is 5.41. The fraction of sp³-hybridized carbons (Fsp3) is 0.222. The number of carbonyl (C=O) groups excluding carboxylic acids is 2. The first kappa shape index (κ1) is 18.8. The number of nitro benzene ring substituents is 1. The first-order valence-electron chi connectivity index (χ1n) is 8.00. The Balaban J connectivity index is 1.91. The molecule has 0 aromatic heterocycles. The lowest BCUT2D eigenvalue weighted by molar-refractivity contribution is -0.384. The van der Waals surface area contributed by atoms with E-state index in [4.69, 9.17) is 0 Å². The number of esters is 1. The molecule has 0 radical (unpaired) electrons. The number of nitro groups is 1. The second-order valence-electron chi connectivity index (χ2n) is 5.86. The van der Waals surface area contributed by atoms with Gasteiger partial charge in [-0.3, -0.25) is 14.9 Å². The van der Waals surface area contributed by atoms with Crippen molar-refractivity contribution in [3.8, 4) is 0 Å². The van der Waals surface area contributed by atoms with E-state index < -0.39 is 34.3 Å². The van der Waals surface area contributed by atoms with E-state index in [-0.39, 0.29) is 11.1 Å². The first-order valence-corrected chi connectivity index (χ1v) is 8.98. The fourth-order valence-corrected chi connectivity index (χ4v) is 3.95. The zero-order valence-electron chi connectivity index (χ0n) is 14.2. The van der Waals surface area contributed by atoms with Crippen molar-refractivity contribution in [2.75, 3.05) is 12.9 Å². The number of non-ortho nitro benzene ring substituents is 1. The Bertz CT molecular complexity index is 934. The van der Waals surface area contributed by atoms with Crippen molar-refractivity contribution in [3.63, 3.8) is 0 Å². The van der Waals surface area contributed by atoms with Crippen LogP contribution in [0.25, 0.3) is 0 Å². The van der Waals surface area contributed by atoms with Crippen LogP contribution in [0.2, 0.25) is 0 Å². The number of fused-ring (bicyclic) bond motifs is 1. The number of nitrogens with one attached hydrogen (secondary N) is 1. The third-order valence-electron chi connectivity index (χ3n) is 4.13. The molecule has 1 amide bonds. The van der Waals surface area contributed by atoms with Gasteiger partial charge in [0.05, 0.1) is 23.6 Å². The molecule has 0 spiro atoms. The number of nitrogens with zero attached hydrogens (tertiary/aromatic N) is 1. The van der Waals surface area contributed by atoms with Gasteiger partial charge in [0, 0.05) is 28.3 Å². The third kappa shape index (κ3) is 4.08. The largest absolute Gasteiger partial charge is 0.465 e. The summed E-state index contributed by atoms with van der Waals surface area (Å²) in [5.41, 5.74) is 0.134. The standard InChI is InChI=1S/C18H15FN2O5S/c1-26-18(23)11-6-10(7-13(8-11)21(24)25)17(22)20-15-4-5-27-16-3-2-12(19)9-14(15)16/h2-3,6-9,15H,4-5H2,1H3,(H,20,22)/t15-/m1/s1. The van der Waals surface area contributed by atoms with E-state index in [1.165, 1.54) is 18.2 Å². The number of amides is 1. The molecule has 0 saturated heterocycles. The minimum Gasteiger partial charge on any atom is -0.465 e. The van der Waals surface area contributed by atoms with E-state index in [1.54, 1.807) is 17.8 Å². The number of carbonyl (C=O) groups is 2. The number of benzene rings is 2. The van der Waals surface area contributed by atoms with Crippen molar-refractivity contribution in [1.29, 1.82) is 0 Å². The van der Waals surface area contributed by atoms with Crippen LogP contribution in [0.5, 0.6) is 0 Å². The molecule has 0 fully saturated rings. The Hall–Kier alpha value is -2.94. The molecule has 1 atom stereocenters. The van der Waals surface area contributed by atoms with Gasteiger partial charge in [-0.05, 0) is 36.2 Å². The second kappa shape index (κ2) is 7.75. The van der Waals surface area contributed by atoms with Crippen LogP contribution in [0.15, 0.2) is 41.3 Å². The lowest BCUT2D eigenvalue weighted by Crippen LogP contribution is -2.31. The topological polar surface area (TPSA) is 98.5 Å². The Morgan fingerprint density at radius 2 is 2.00 bits per heavy atom. The molecule has 140 valence electrons. The average molecular weight is 390 g/mol. The van der Waals surface area contributed by atoms with Crippen molar-refractivity contribution < 1.29 is 23.6 Å². The van der Waals surface area contributed by atoms with Crippen LogP contribution in [0.4, 0.5) is 10.1 Å². The molecule has 1 heterocycles. The van der Waals surface area contributed by atoms with Crippen LogP contribution in [0, 0.1) is 15.9 Å². The monoisotopic (exact) mass is 390 g/mol. The average Bonchev–Trinajstić information content (AvgIpc) is 2.67. The summed E-state index contributed by atoms with van der Waals surface area (Å²) < 4.78 is 18.2. The molecular weight excluding hydrogens is 375 g/mol. The highest BCUT2D eigenvalue weighted by atomic mass is 32.2. The molecule has 7 nitrogen and oxygen atoms in total. The Labute approximate surface area is 158 Å². The van der Waals surface area contributed by atoms with Crippen LogP contribution in [-0.2, 0) is 4.74 Å². The van der Waals surface area contributed by atoms with E-state index in [9.17, 15) is 24.1 Å². The van der Waals surface area contributed by atoms with E-state index in [1.807, 2.05) is 0 Å². The van der Waals surface area contributed by atoms with Gasteiger partial charge >= 0.3 is 5.97 Å². The maximum atomic E-state index is 13.6. The third-order valence-corrected chi connectivity index (χ3v) is 5.25. The van der Waals surface area contributed by atoms with E-state index in [2.05, 4.69) is 10.1 Å². The minimum atomic E-state index is -0.783. The van der Waals surface area contributed by atoms with Gasteiger partial charge in [0.1, 0.15) is 5.82 Å². The summed E-state index contributed by atoms with van der Waals surface area (Å²) >= 11 is 1.57. The van der Waals surface area contributed by atoms with Crippen molar-refractivity contribution in [2.45, 2.75) is 17.4 Å². The SMILES string of the molecule is COC(=O)c1cc(C(=O)N[C@@H]2CCSc3ccc(F)cc32)cc([N+](=O)[O-])c1. The van der Waals surface area contributed by atoms with Crippen LogP contribution in [0.3, 0.4) is 0 Å². The summed E-state index contributed by atoms with van der Waals surface area (Å²) in [6, 6.07) is 7.34. The molecule has 1 aliphatic rings. The lowest BCUT2D eigenvalue weighted by atomic mass is 10.0. The highest BCUT2D eigenvalue weighted by Crippen LogP contribution is 2.36. The molecule has 3 rings (SSSR count). The predicted octanol–water partition coefficient (Wildman–Crippen LogP) is 3.49. The number of hydrogen-bond donors (Lipinski definition) is 1. The van der Waals surface area contributed by atoms with Gasteiger partial charge in [0.2, 0.25) is 0 Å². The molecule has 0 aliphatic carbocycles. The van der Waals surface area contributed by atoms with Crippen molar-refractivity contribution in [2.24, 2.45) is 0 Å². The van der Waals surface area contributed by atoms with Gasteiger partial charge in [-0.2, -0.15) is 0 Å². The van der Waals surface area contributed by atoms with E-state index in [0.717, 1.165) is 29.9 Å². The number of hydrogen-bond acceptors (Lipinski definition) is 6. The van der Waals surface area contributed by atoms with Gasteiger partial charge in [0.15, 0.2) is 0 Å². The van der Waals surface area contributed by atoms with Crippen molar-refractivity contribution in [3.05, 3.63) is 69.0 Å². The number of methoxy groups -OCH3 is 1. The van der Waals surface area contributed by atoms with E-state index >= 15 is 0 Å². The first-order chi connectivity index (χ1) is 12.9. The highest BCUT2D eigenvalue weighted by Gasteiger charge is 2.25. The zero-order chi connectivity index (χ0) is 19.6. The van der Waals surface area contributed by atoms with Gasteiger partial charge < -0.3 is 10.1 Å². The number of rotatable bonds is 4. The predicted molar refractivity (Wildman–Crippen MR) is 96.4 cm³/mol. The van der Waals surface area contributed by atoms with Crippen LogP contribution >= 0.6 is 11.8 Å². The lowest BCUT2D eigenvalue weighted by Gasteiger charge is -2.26. The summed E-state index contributed by atoms with van der Waals surface area (Å²) in [6.07, 6.45) is 0.589. The van der Waals surface area contributed by atoms with E-state index in [0.29, 0.717) is 12.0 Å². The molecule has 0 unspecified atom stereocenters. The number of halogens is 1. The molecule has 1 N–H and O–H groups in total. The van der Waals surface area contributed by atoms with Crippen molar-refractivity contribution in [1.82, 2.24) is 5.32 Å². The molecule has 9 heteroatoms. The maximum absolute atomic E-state index is 13.6. The van der Waals surface area contributed by atoms with Crippen LogP contribution in [0.1, 0.15) is 38.7 Å². The van der Waals surface area contributed by atoms with Gasteiger partial charge in [-0.1, -0.05) is 0 Å². The fourth-order valence-electron chi connectivity index (χ4n) is 2.84. The summed E-state index contributed by atoms with van der Waals surface area (Å²) in [7, 11) is 1.14. The van der Waals surface area contributed by atoms with Gasteiger partial charge in [-0.15, -0.1) is 11.8 Å². The highest BCUT2D eigenvalue weighted by molar-refractivity contribution is 7.99. The molecule has 0 saturated carbocycles. The number of ether oxygens (including phenoxy) is 1.